The molecule has 0 aliphatic rings. The molecule has 6 heteroatoms. The van der Waals surface area contributed by atoms with Crippen LogP contribution in [0.15, 0.2) is 60.7 Å². The van der Waals surface area contributed by atoms with E-state index in [1.807, 2.05) is 19.9 Å². The Morgan fingerprint density at radius 2 is 1.50 bits per heavy atom. The quantitative estimate of drug-likeness (QED) is 0.621. The molecule has 2 amide bonds. The van der Waals surface area contributed by atoms with E-state index in [0.29, 0.717) is 17.5 Å². The summed E-state index contributed by atoms with van der Waals surface area (Å²) in [5, 5.41) is 14.8. The second-order valence-corrected chi connectivity index (χ2v) is 7.09. The lowest BCUT2D eigenvalue weighted by Gasteiger charge is -2.21. The number of aliphatic carboxylic acids is 1. The monoisotopic (exact) mass is 382 g/mol. The fourth-order valence-electron chi connectivity index (χ4n) is 2.92. The Bertz CT molecular complexity index is 791. The van der Waals surface area contributed by atoms with Gasteiger partial charge in [-0.05, 0) is 30.0 Å². The Hall–Kier alpha value is -3.15. The van der Waals surface area contributed by atoms with Gasteiger partial charge in [0.05, 0.1) is 5.92 Å². The molecule has 0 saturated carbocycles. The van der Waals surface area contributed by atoms with E-state index in [1.165, 1.54) is 0 Å². The third-order valence-corrected chi connectivity index (χ3v) is 4.33. The number of carbonyl (C=O) groups excluding carboxylic acids is 2. The maximum absolute atomic E-state index is 12.8. The van der Waals surface area contributed by atoms with Crippen molar-refractivity contribution in [1.82, 2.24) is 10.6 Å². The van der Waals surface area contributed by atoms with Gasteiger partial charge in [0.1, 0.15) is 6.04 Å². The number of amides is 2. The van der Waals surface area contributed by atoms with Gasteiger partial charge in [0.25, 0.3) is 5.91 Å². The molecule has 0 aliphatic carbocycles. The summed E-state index contributed by atoms with van der Waals surface area (Å²) in [6.45, 7) is 3.88. The molecule has 6 nitrogen and oxygen atoms in total. The zero-order valence-corrected chi connectivity index (χ0v) is 16.1. The normalized spacial score (nSPS) is 12.8. The first-order valence-corrected chi connectivity index (χ1v) is 9.30. The second-order valence-electron chi connectivity index (χ2n) is 7.09. The predicted octanol–water partition coefficient (Wildman–Crippen LogP) is 3.02. The molecule has 0 bridgehead atoms. The van der Waals surface area contributed by atoms with E-state index in [-0.39, 0.29) is 18.4 Å². The maximum atomic E-state index is 12.8. The van der Waals surface area contributed by atoms with Crippen LogP contribution in [-0.2, 0) is 9.59 Å². The van der Waals surface area contributed by atoms with E-state index in [2.05, 4.69) is 10.6 Å². The zero-order chi connectivity index (χ0) is 20.5. The van der Waals surface area contributed by atoms with E-state index < -0.39 is 23.8 Å². The SMILES string of the molecule is CC(C)CC(CNC(=O)C(NC(=O)c1ccccc1)c1ccccc1)C(=O)O. The van der Waals surface area contributed by atoms with Gasteiger partial charge in [0, 0.05) is 12.1 Å². The molecule has 2 rings (SSSR count). The van der Waals surface area contributed by atoms with Gasteiger partial charge in [-0.3, -0.25) is 14.4 Å². The predicted molar refractivity (Wildman–Crippen MR) is 107 cm³/mol. The van der Waals surface area contributed by atoms with Gasteiger partial charge in [-0.2, -0.15) is 0 Å². The number of hydrogen-bond donors (Lipinski definition) is 3. The summed E-state index contributed by atoms with van der Waals surface area (Å²) in [5.41, 5.74) is 1.07. The van der Waals surface area contributed by atoms with Crippen LogP contribution in [0.3, 0.4) is 0 Å². The Balaban J connectivity index is 2.14. The molecule has 0 spiro atoms. The van der Waals surface area contributed by atoms with Crippen LogP contribution in [0, 0.1) is 11.8 Å². The number of benzene rings is 2. The molecule has 0 saturated heterocycles. The van der Waals surface area contributed by atoms with E-state index in [4.69, 9.17) is 0 Å². The Kier molecular flexibility index (Phi) is 7.75. The Morgan fingerprint density at radius 3 is 2.04 bits per heavy atom. The molecule has 0 fully saturated rings. The summed E-state index contributed by atoms with van der Waals surface area (Å²) >= 11 is 0. The summed E-state index contributed by atoms with van der Waals surface area (Å²) < 4.78 is 0. The van der Waals surface area contributed by atoms with Crippen LogP contribution in [0.5, 0.6) is 0 Å². The van der Waals surface area contributed by atoms with Gasteiger partial charge < -0.3 is 15.7 Å². The van der Waals surface area contributed by atoms with Crippen LogP contribution in [0.1, 0.15) is 42.2 Å². The number of hydrogen-bond acceptors (Lipinski definition) is 3. The first-order chi connectivity index (χ1) is 13.4. The van der Waals surface area contributed by atoms with Crippen molar-refractivity contribution in [2.45, 2.75) is 26.3 Å². The van der Waals surface area contributed by atoms with Crippen molar-refractivity contribution < 1.29 is 19.5 Å². The number of nitrogens with one attached hydrogen (secondary N) is 2. The van der Waals surface area contributed by atoms with Gasteiger partial charge in [0.2, 0.25) is 5.91 Å². The molecule has 28 heavy (non-hydrogen) atoms. The first-order valence-electron chi connectivity index (χ1n) is 9.30. The third kappa shape index (κ3) is 6.23. The van der Waals surface area contributed by atoms with Crippen LogP contribution in [0.4, 0.5) is 0 Å². The van der Waals surface area contributed by atoms with Gasteiger partial charge in [0.15, 0.2) is 0 Å². The highest BCUT2D eigenvalue weighted by Gasteiger charge is 2.26. The smallest absolute Gasteiger partial charge is 0.308 e. The highest BCUT2D eigenvalue weighted by molar-refractivity contribution is 5.97. The molecular weight excluding hydrogens is 356 g/mol. The fourth-order valence-corrected chi connectivity index (χ4v) is 2.92. The Morgan fingerprint density at radius 1 is 0.929 bits per heavy atom. The topological polar surface area (TPSA) is 95.5 Å². The average molecular weight is 382 g/mol. The van der Waals surface area contributed by atoms with Gasteiger partial charge in [-0.25, -0.2) is 0 Å². The van der Waals surface area contributed by atoms with E-state index in [9.17, 15) is 19.5 Å². The molecule has 0 aromatic heterocycles. The van der Waals surface area contributed by atoms with Crippen LogP contribution in [-0.4, -0.2) is 29.4 Å². The largest absolute Gasteiger partial charge is 0.481 e. The number of carboxylic acids is 1. The summed E-state index contributed by atoms with van der Waals surface area (Å²) in [7, 11) is 0. The molecule has 2 aromatic rings. The highest BCUT2D eigenvalue weighted by Crippen LogP contribution is 2.16. The minimum Gasteiger partial charge on any atom is -0.481 e. The van der Waals surface area contributed by atoms with Crippen LogP contribution < -0.4 is 10.6 Å². The minimum atomic E-state index is -0.946. The van der Waals surface area contributed by atoms with E-state index in [0.717, 1.165) is 0 Å². The van der Waals surface area contributed by atoms with E-state index >= 15 is 0 Å². The van der Waals surface area contributed by atoms with Crippen molar-refractivity contribution in [3.8, 4) is 0 Å². The van der Waals surface area contributed by atoms with Crippen molar-refractivity contribution in [3.63, 3.8) is 0 Å². The molecule has 0 aliphatic heterocycles. The van der Waals surface area contributed by atoms with Crippen LogP contribution in [0.25, 0.3) is 0 Å². The minimum absolute atomic E-state index is 0.0108. The van der Waals surface area contributed by atoms with Crippen molar-refractivity contribution in [2.75, 3.05) is 6.54 Å². The standard InChI is InChI=1S/C22H26N2O4/c1-15(2)13-18(22(27)28)14-23-21(26)19(16-9-5-3-6-10-16)24-20(25)17-11-7-4-8-12-17/h3-12,15,18-19H,13-14H2,1-2H3,(H,23,26)(H,24,25)(H,27,28). The zero-order valence-electron chi connectivity index (χ0n) is 16.1. The van der Waals surface area contributed by atoms with Crippen molar-refractivity contribution in [2.24, 2.45) is 11.8 Å². The maximum Gasteiger partial charge on any atom is 0.308 e. The number of rotatable bonds is 9. The summed E-state index contributed by atoms with van der Waals surface area (Å²) in [6, 6.07) is 16.6. The fraction of sp³-hybridized carbons (Fsp3) is 0.318. The lowest BCUT2D eigenvalue weighted by molar-refractivity contribution is -0.142. The second kappa shape index (κ2) is 10.3. The molecule has 2 unspecified atom stereocenters. The summed E-state index contributed by atoms with van der Waals surface area (Å²) in [6.07, 6.45) is 0.460. The molecule has 0 radical (unpaired) electrons. The lowest BCUT2D eigenvalue weighted by Crippen LogP contribution is -2.43. The first kappa shape index (κ1) is 21.2. The Labute approximate surface area is 165 Å². The molecule has 3 N–H and O–H groups in total. The molecular formula is C22H26N2O4. The highest BCUT2D eigenvalue weighted by atomic mass is 16.4. The molecule has 0 heterocycles. The molecule has 2 aromatic carbocycles. The average Bonchev–Trinajstić information content (AvgIpc) is 2.69. The molecule has 148 valence electrons. The van der Waals surface area contributed by atoms with Crippen molar-refractivity contribution >= 4 is 17.8 Å². The summed E-state index contributed by atoms with van der Waals surface area (Å²) in [5.74, 6) is -2.24. The lowest BCUT2D eigenvalue weighted by atomic mass is 9.97. The molecule has 2 atom stereocenters. The van der Waals surface area contributed by atoms with E-state index in [1.54, 1.807) is 54.6 Å². The van der Waals surface area contributed by atoms with Crippen LogP contribution in [0.2, 0.25) is 0 Å². The summed E-state index contributed by atoms with van der Waals surface area (Å²) in [4.78, 5) is 36.8. The third-order valence-electron chi connectivity index (χ3n) is 4.33. The number of carbonyl (C=O) groups is 3. The van der Waals surface area contributed by atoms with Gasteiger partial charge >= 0.3 is 5.97 Å². The van der Waals surface area contributed by atoms with Gasteiger partial charge in [-0.15, -0.1) is 0 Å². The number of carboxylic acid groups (broad SMARTS) is 1. The van der Waals surface area contributed by atoms with Gasteiger partial charge in [-0.1, -0.05) is 62.4 Å². The van der Waals surface area contributed by atoms with Crippen molar-refractivity contribution in [3.05, 3.63) is 71.8 Å². The van der Waals surface area contributed by atoms with Crippen LogP contribution >= 0.6 is 0 Å². The van der Waals surface area contributed by atoms with Crippen molar-refractivity contribution in [1.29, 1.82) is 0 Å².